The maximum atomic E-state index is 12.2. The van der Waals surface area contributed by atoms with E-state index in [1.165, 1.54) is 23.5 Å². The molecule has 2 aromatic rings. The van der Waals surface area contributed by atoms with Crippen molar-refractivity contribution in [3.05, 3.63) is 38.9 Å². The molecule has 108 valence electrons. The molecule has 1 atom stereocenters. The van der Waals surface area contributed by atoms with E-state index in [9.17, 15) is 13.2 Å². The van der Waals surface area contributed by atoms with Crippen molar-refractivity contribution >= 4 is 38.7 Å². The lowest BCUT2D eigenvalue weighted by atomic mass is 10.3. The van der Waals surface area contributed by atoms with Crippen LogP contribution in [-0.2, 0) is 10.0 Å². The van der Waals surface area contributed by atoms with Crippen LogP contribution < -0.4 is 4.72 Å². The normalized spacial score (nSPS) is 13.3. The number of aryl methyl sites for hydroxylation is 1. The van der Waals surface area contributed by atoms with Crippen LogP contribution in [0.2, 0.25) is 0 Å². The van der Waals surface area contributed by atoms with Crippen LogP contribution in [0.3, 0.4) is 0 Å². The summed E-state index contributed by atoms with van der Waals surface area (Å²) in [6.07, 6.45) is 0. The molecule has 0 saturated carbocycles. The van der Waals surface area contributed by atoms with Crippen LogP contribution in [0, 0.1) is 6.92 Å². The van der Waals surface area contributed by atoms with Gasteiger partial charge in [0.1, 0.15) is 9.09 Å². The van der Waals surface area contributed by atoms with E-state index in [-0.39, 0.29) is 15.1 Å². The van der Waals surface area contributed by atoms with Gasteiger partial charge in [0.05, 0.1) is 6.04 Å². The van der Waals surface area contributed by atoms with E-state index < -0.39 is 16.0 Å². The monoisotopic (exact) mass is 331 g/mol. The minimum Gasteiger partial charge on any atom is -0.477 e. The number of carboxylic acids is 1. The first-order valence-corrected chi connectivity index (χ1v) is 8.83. The first kappa shape index (κ1) is 15.2. The number of nitrogens with one attached hydrogen (secondary N) is 1. The smallest absolute Gasteiger partial charge is 0.345 e. The van der Waals surface area contributed by atoms with E-state index in [0.717, 1.165) is 21.1 Å². The number of thiophene rings is 2. The van der Waals surface area contributed by atoms with Crippen molar-refractivity contribution in [1.29, 1.82) is 0 Å². The van der Waals surface area contributed by atoms with Gasteiger partial charge in [-0.25, -0.2) is 17.9 Å². The summed E-state index contributed by atoms with van der Waals surface area (Å²) in [6.45, 7) is 3.71. The number of carboxylic acid groups (broad SMARTS) is 1. The second kappa shape index (κ2) is 5.65. The molecule has 2 N–H and O–H groups in total. The molecule has 0 amide bonds. The molecule has 0 fully saturated rings. The van der Waals surface area contributed by atoms with Crippen molar-refractivity contribution < 1.29 is 18.3 Å². The van der Waals surface area contributed by atoms with Crippen molar-refractivity contribution in [2.24, 2.45) is 0 Å². The molecular weight excluding hydrogens is 318 g/mol. The summed E-state index contributed by atoms with van der Waals surface area (Å²) in [5.74, 6) is -1.13. The van der Waals surface area contributed by atoms with E-state index in [2.05, 4.69) is 4.72 Å². The number of hydrogen-bond acceptors (Lipinski definition) is 5. The average molecular weight is 331 g/mol. The van der Waals surface area contributed by atoms with Gasteiger partial charge in [0.2, 0.25) is 0 Å². The number of hydrogen-bond donors (Lipinski definition) is 2. The number of aromatic carboxylic acids is 1. The van der Waals surface area contributed by atoms with Crippen LogP contribution in [0.4, 0.5) is 0 Å². The van der Waals surface area contributed by atoms with Crippen LogP contribution in [-0.4, -0.2) is 19.5 Å². The standard InChI is InChI=1S/C12H13NO4S3/c1-7-3-4-9(18-7)8(2)13-20(16,17)11-6-5-10(19-11)12(14)15/h3-6,8,13H,1-2H3,(H,14,15). The highest BCUT2D eigenvalue weighted by atomic mass is 32.2. The predicted molar refractivity (Wildman–Crippen MR) is 79.1 cm³/mol. The van der Waals surface area contributed by atoms with E-state index in [1.807, 2.05) is 19.1 Å². The van der Waals surface area contributed by atoms with Gasteiger partial charge < -0.3 is 5.11 Å². The summed E-state index contributed by atoms with van der Waals surface area (Å²) in [4.78, 5) is 12.8. The average Bonchev–Trinajstić information content (AvgIpc) is 2.96. The third-order valence-corrected chi connectivity index (χ3v) is 6.87. The third kappa shape index (κ3) is 3.26. The van der Waals surface area contributed by atoms with Crippen molar-refractivity contribution in [2.45, 2.75) is 24.1 Å². The Bertz CT molecular complexity index is 729. The molecule has 0 aliphatic carbocycles. The van der Waals surface area contributed by atoms with Gasteiger partial charge in [0.15, 0.2) is 0 Å². The molecule has 0 radical (unpaired) electrons. The van der Waals surface area contributed by atoms with Crippen molar-refractivity contribution in [2.75, 3.05) is 0 Å². The van der Waals surface area contributed by atoms with E-state index in [4.69, 9.17) is 5.11 Å². The topological polar surface area (TPSA) is 83.5 Å². The summed E-state index contributed by atoms with van der Waals surface area (Å²) >= 11 is 2.27. The van der Waals surface area contributed by atoms with Gasteiger partial charge in [-0.05, 0) is 38.1 Å². The van der Waals surface area contributed by atoms with E-state index >= 15 is 0 Å². The molecule has 8 heteroatoms. The van der Waals surface area contributed by atoms with Gasteiger partial charge in [0.25, 0.3) is 10.0 Å². The Labute approximate surface area is 124 Å². The minimum absolute atomic E-state index is 0.00463. The second-order valence-corrected chi connectivity index (χ2v) is 8.56. The maximum Gasteiger partial charge on any atom is 0.345 e. The Morgan fingerprint density at radius 3 is 2.45 bits per heavy atom. The van der Waals surface area contributed by atoms with Crippen LogP contribution >= 0.6 is 22.7 Å². The third-order valence-electron chi connectivity index (χ3n) is 2.58. The molecule has 0 bridgehead atoms. The van der Waals surface area contributed by atoms with Gasteiger partial charge >= 0.3 is 5.97 Å². The molecule has 0 aliphatic heterocycles. The van der Waals surface area contributed by atoms with Crippen LogP contribution in [0.1, 0.15) is 32.4 Å². The molecule has 2 aromatic heterocycles. The molecule has 0 aromatic carbocycles. The molecular formula is C12H13NO4S3. The van der Waals surface area contributed by atoms with Gasteiger partial charge in [-0.3, -0.25) is 0 Å². The highest BCUT2D eigenvalue weighted by Gasteiger charge is 2.22. The fraction of sp³-hybridized carbons (Fsp3) is 0.250. The van der Waals surface area contributed by atoms with E-state index in [1.54, 1.807) is 6.92 Å². The predicted octanol–water partition coefficient (Wildman–Crippen LogP) is 2.86. The van der Waals surface area contributed by atoms with Crippen molar-refractivity contribution in [1.82, 2.24) is 4.72 Å². The first-order chi connectivity index (χ1) is 9.29. The summed E-state index contributed by atoms with van der Waals surface area (Å²) in [5, 5.41) is 8.82. The Morgan fingerprint density at radius 1 is 1.25 bits per heavy atom. The zero-order valence-electron chi connectivity index (χ0n) is 10.8. The Hall–Kier alpha value is -1.22. The van der Waals surface area contributed by atoms with E-state index in [0.29, 0.717) is 0 Å². The molecule has 2 rings (SSSR count). The number of rotatable bonds is 5. The second-order valence-electron chi connectivity index (χ2n) is 4.22. The number of carbonyl (C=O) groups is 1. The summed E-state index contributed by atoms with van der Waals surface area (Å²) in [7, 11) is -3.70. The van der Waals surface area contributed by atoms with Crippen molar-refractivity contribution in [3.8, 4) is 0 Å². The first-order valence-electron chi connectivity index (χ1n) is 5.71. The fourth-order valence-corrected chi connectivity index (χ4v) is 4.95. The quantitative estimate of drug-likeness (QED) is 0.882. The lowest BCUT2D eigenvalue weighted by molar-refractivity contribution is 0.0702. The molecule has 0 spiro atoms. The number of sulfonamides is 1. The van der Waals surface area contributed by atoms with Gasteiger partial charge in [-0.1, -0.05) is 0 Å². The summed E-state index contributed by atoms with van der Waals surface area (Å²) in [6, 6.07) is 6.06. The largest absolute Gasteiger partial charge is 0.477 e. The van der Waals surface area contributed by atoms with Crippen LogP contribution in [0.5, 0.6) is 0 Å². The molecule has 20 heavy (non-hydrogen) atoms. The zero-order chi connectivity index (χ0) is 14.9. The minimum atomic E-state index is -3.70. The molecule has 0 aliphatic rings. The van der Waals surface area contributed by atoms with Gasteiger partial charge in [0, 0.05) is 9.75 Å². The molecule has 5 nitrogen and oxygen atoms in total. The zero-order valence-corrected chi connectivity index (χ0v) is 13.2. The summed E-state index contributed by atoms with van der Waals surface area (Å²) < 4.78 is 26.9. The molecule has 1 unspecified atom stereocenters. The van der Waals surface area contributed by atoms with Crippen LogP contribution in [0.15, 0.2) is 28.5 Å². The van der Waals surface area contributed by atoms with Crippen molar-refractivity contribution in [3.63, 3.8) is 0 Å². The van der Waals surface area contributed by atoms with Gasteiger partial charge in [-0.15, -0.1) is 22.7 Å². The maximum absolute atomic E-state index is 12.2. The Morgan fingerprint density at radius 2 is 1.95 bits per heavy atom. The molecule has 2 heterocycles. The van der Waals surface area contributed by atoms with Gasteiger partial charge in [-0.2, -0.15) is 0 Å². The Kier molecular flexibility index (Phi) is 4.28. The lowest BCUT2D eigenvalue weighted by Crippen LogP contribution is -2.25. The fourth-order valence-electron chi connectivity index (χ4n) is 1.61. The highest BCUT2D eigenvalue weighted by molar-refractivity contribution is 7.91. The highest BCUT2D eigenvalue weighted by Crippen LogP contribution is 2.26. The SMILES string of the molecule is Cc1ccc(C(C)NS(=O)(=O)c2ccc(C(=O)O)s2)s1. The lowest BCUT2D eigenvalue weighted by Gasteiger charge is -2.11. The van der Waals surface area contributed by atoms with Crippen LogP contribution in [0.25, 0.3) is 0 Å². The molecule has 0 saturated heterocycles. The summed E-state index contributed by atoms with van der Waals surface area (Å²) in [5.41, 5.74) is 0. The Balaban J connectivity index is 2.20.